The van der Waals surface area contributed by atoms with E-state index in [1.807, 2.05) is 6.92 Å². The van der Waals surface area contributed by atoms with Crippen LogP contribution in [0.15, 0.2) is 11.0 Å². The fourth-order valence-corrected chi connectivity index (χ4v) is 2.66. The molecule has 1 aromatic heterocycles. The van der Waals surface area contributed by atoms with Gasteiger partial charge in [0.15, 0.2) is 5.43 Å². The summed E-state index contributed by atoms with van der Waals surface area (Å²) in [5, 5.41) is 19.4. The van der Waals surface area contributed by atoms with Gasteiger partial charge >= 0.3 is 0 Å². The number of likely N-dealkylation sites (tertiary alicyclic amines) is 1. The highest BCUT2D eigenvalue weighted by molar-refractivity contribution is 5.23. The number of H-pyrrole nitrogens is 1. The first-order chi connectivity index (χ1) is 8.95. The number of piperidine rings is 1. The van der Waals surface area contributed by atoms with Crippen LogP contribution in [0.4, 0.5) is 0 Å². The summed E-state index contributed by atoms with van der Waals surface area (Å²) in [4.78, 5) is 17.1. The number of nitrogens with zero attached hydrogens (tertiary/aromatic N) is 1. The van der Waals surface area contributed by atoms with E-state index in [9.17, 15) is 15.0 Å². The molecule has 0 bridgehead atoms. The van der Waals surface area contributed by atoms with Gasteiger partial charge in [0.2, 0.25) is 0 Å². The normalized spacial score (nSPS) is 24.6. The molecule has 106 valence electrons. The van der Waals surface area contributed by atoms with Crippen LogP contribution in [0, 0.1) is 13.8 Å². The number of hydrogen-bond donors (Lipinski definition) is 3. The third kappa shape index (κ3) is 3.05. The second-order valence-electron chi connectivity index (χ2n) is 5.60. The van der Waals surface area contributed by atoms with Crippen molar-refractivity contribution in [2.24, 2.45) is 0 Å². The van der Waals surface area contributed by atoms with Crippen LogP contribution in [0.2, 0.25) is 0 Å². The van der Waals surface area contributed by atoms with Crippen LogP contribution in [0.25, 0.3) is 0 Å². The molecule has 1 aliphatic rings. The SMILES string of the molecule is Cc1c[nH]c(CN2CCCC(O)(CO)C2)c(C)c1=O. The highest BCUT2D eigenvalue weighted by Gasteiger charge is 2.32. The molecule has 0 aliphatic carbocycles. The largest absolute Gasteiger partial charge is 0.393 e. The van der Waals surface area contributed by atoms with E-state index in [1.54, 1.807) is 13.1 Å². The Hall–Kier alpha value is -1.17. The molecule has 1 aliphatic heterocycles. The Kier molecular flexibility index (Phi) is 4.08. The van der Waals surface area contributed by atoms with Gasteiger partial charge in [-0.15, -0.1) is 0 Å². The molecule has 1 unspecified atom stereocenters. The first kappa shape index (κ1) is 14.2. The number of nitrogens with one attached hydrogen (secondary N) is 1. The lowest BCUT2D eigenvalue weighted by Crippen LogP contribution is -2.50. The number of pyridine rings is 1. The maximum absolute atomic E-state index is 11.9. The Bertz CT molecular complexity index is 512. The zero-order valence-electron chi connectivity index (χ0n) is 11.6. The van der Waals surface area contributed by atoms with Crippen molar-refractivity contribution >= 4 is 0 Å². The van der Waals surface area contributed by atoms with Crippen LogP contribution < -0.4 is 5.43 Å². The fourth-order valence-electron chi connectivity index (χ4n) is 2.66. The molecule has 2 rings (SSSR count). The van der Waals surface area contributed by atoms with Crippen LogP contribution >= 0.6 is 0 Å². The van der Waals surface area contributed by atoms with Crippen LogP contribution in [0.1, 0.15) is 29.7 Å². The van der Waals surface area contributed by atoms with Gasteiger partial charge in [0.1, 0.15) is 5.60 Å². The second-order valence-corrected chi connectivity index (χ2v) is 5.60. The van der Waals surface area contributed by atoms with Crippen LogP contribution in [-0.4, -0.2) is 45.4 Å². The van der Waals surface area contributed by atoms with E-state index in [1.165, 1.54) is 0 Å². The van der Waals surface area contributed by atoms with Crippen LogP contribution in [-0.2, 0) is 6.54 Å². The molecule has 0 aromatic carbocycles. The van der Waals surface area contributed by atoms with Crippen molar-refractivity contribution in [1.29, 1.82) is 0 Å². The lowest BCUT2D eigenvalue weighted by molar-refractivity contribution is -0.0689. The minimum Gasteiger partial charge on any atom is -0.393 e. The van der Waals surface area contributed by atoms with Gasteiger partial charge in [-0.05, 0) is 33.2 Å². The molecule has 1 fully saturated rings. The van der Waals surface area contributed by atoms with Gasteiger partial charge in [-0.25, -0.2) is 0 Å². The summed E-state index contributed by atoms with van der Waals surface area (Å²) in [6.07, 6.45) is 3.21. The number of aromatic nitrogens is 1. The van der Waals surface area contributed by atoms with Crippen molar-refractivity contribution < 1.29 is 10.2 Å². The Labute approximate surface area is 112 Å². The summed E-state index contributed by atoms with van der Waals surface area (Å²) in [7, 11) is 0. The number of aryl methyl sites for hydroxylation is 1. The molecule has 1 atom stereocenters. The highest BCUT2D eigenvalue weighted by atomic mass is 16.3. The lowest BCUT2D eigenvalue weighted by Gasteiger charge is -2.38. The zero-order valence-corrected chi connectivity index (χ0v) is 11.6. The second kappa shape index (κ2) is 5.45. The number of rotatable bonds is 3. The number of aliphatic hydroxyl groups excluding tert-OH is 1. The number of aliphatic hydroxyl groups is 2. The predicted molar refractivity (Wildman–Crippen MR) is 73.1 cm³/mol. The molecule has 3 N–H and O–H groups in total. The summed E-state index contributed by atoms with van der Waals surface area (Å²) in [6, 6.07) is 0. The summed E-state index contributed by atoms with van der Waals surface area (Å²) in [5.41, 5.74) is 1.41. The fraction of sp³-hybridized carbons (Fsp3) is 0.643. The first-order valence-corrected chi connectivity index (χ1v) is 6.68. The van der Waals surface area contributed by atoms with Gasteiger partial charge in [0.05, 0.1) is 6.61 Å². The average Bonchev–Trinajstić information content (AvgIpc) is 2.40. The van der Waals surface area contributed by atoms with E-state index < -0.39 is 5.60 Å². The van der Waals surface area contributed by atoms with Crippen LogP contribution in [0.5, 0.6) is 0 Å². The number of β-amino-alcohol motifs (C(OH)–C–C–N with tert-alkyl or cyclic N) is 1. The third-order valence-corrected chi connectivity index (χ3v) is 3.92. The van der Waals surface area contributed by atoms with Crippen molar-refractivity contribution in [3.8, 4) is 0 Å². The molecule has 0 spiro atoms. The third-order valence-electron chi connectivity index (χ3n) is 3.92. The molecule has 1 aromatic rings. The molecule has 1 saturated heterocycles. The lowest BCUT2D eigenvalue weighted by atomic mass is 9.93. The van der Waals surface area contributed by atoms with Gasteiger partial charge in [-0.3, -0.25) is 9.69 Å². The quantitative estimate of drug-likeness (QED) is 0.736. The van der Waals surface area contributed by atoms with E-state index in [-0.39, 0.29) is 12.0 Å². The van der Waals surface area contributed by atoms with Crippen molar-refractivity contribution in [2.75, 3.05) is 19.7 Å². The van der Waals surface area contributed by atoms with Crippen LogP contribution in [0.3, 0.4) is 0 Å². The van der Waals surface area contributed by atoms with E-state index >= 15 is 0 Å². The smallest absolute Gasteiger partial charge is 0.187 e. The Morgan fingerprint density at radius 2 is 2.21 bits per heavy atom. The highest BCUT2D eigenvalue weighted by Crippen LogP contribution is 2.22. The summed E-state index contributed by atoms with van der Waals surface area (Å²) >= 11 is 0. The average molecular weight is 266 g/mol. The maximum atomic E-state index is 11.9. The zero-order chi connectivity index (χ0) is 14.0. The molecule has 0 amide bonds. The Morgan fingerprint density at radius 1 is 1.47 bits per heavy atom. The minimum atomic E-state index is -1.00. The van der Waals surface area contributed by atoms with Gasteiger partial charge in [-0.1, -0.05) is 0 Å². The first-order valence-electron chi connectivity index (χ1n) is 6.68. The van der Waals surface area contributed by atoms with Gasteiger partial charge in [-0.2, -0.15) is 0 Å². The number of hydrogen-bond acceptors (Lipinski definition) is 4. The van der Waals surface area contributed by atoms with E-state index in [0.29, 0.717) is 25.1 Å². The maximum Gasteiger partial charge on any atom is 0.187 e. The van der Waals surface area contributed by atoms with Crippen molar-refractivity contribution in [1.82, 2.24) is 9.88 Å². The van der Waals surface area contributed by atoms with E-state index in [2.05, 4.69) is 9.88 Å². The summed E-state index contributed by atoms with van der Waals surface area (Å²) < 4.78 is 0. The Morgan fingerprint density at radius 3 is 2.89 bits per heavy atom. The minimum absolute atomic E-state index is 0.0724. The topological polar surface area (TPSA) is 76.6 Å². The molecule has 2 heterocycles. The molecule has 5 nitrogen and oxygen atoms in total. The predicted octanol–water partition coefficient (Wildman–Crippen LogP) is 0.311. The molecular formula is C14H22N2O3. The van der Waals surface area contributed by atoms with E-state index in [4.69, 9.17) is 0 Å². The molecule has 0 saturated carbocycles. The van der Waals surface area contributed by atoms with Gasteiger partial charge in [0, 0.05) is 36.1 Å². The number of aromatic amines is 1. The van der Waals surface area contributed by atoms with E-state index in [0.717, 1.165) is 24.2 Å². The van der Waals surface area contributed by atoms with Crippen molar-refractivity contribution in [3.63, 3.8) is 0 Å². The van der Waals surface area contributed by atoms with Crippen molar-refractivity contribution in [3.05, 3.63) is 33.2 Å². The van der Waals surface area contributed by atoms with Gasteiger partial charge in [0.25, 0.3) is 0 Å². The van der Waals surface area contributed by atoms with Crippen molar-refractivity contribution in [2.45, 2.75) is 38.8 Å². The Balaban J connectivity index is 2.14. The molecular weight excluding hydrogens is 244 g/mol. The molecule has 0 radical (unpaired) electrons. The summed E-state index contributed by atoms with van der Waals surface area (Å²) in [6.45, 7) is 5.32. The monoisotopic (exact) mass is 266 g/mol. The summed E-state index contributed by atoms with van der Waals surface area (Å²) in [5.74, 6) is 0. The molecule has 5 heteroatoms. The molecule has 19 heavy (non-hydrogen) atoms. The van der Waals surface area contributed by atoms with Gasteiger partial charge < -0.3 is 15.2 Å². The standard InChI is InChI=1S/C14H22N2O3/c1-10-6-15-12(11(2)13(10)18)7-16-5-3-4-14(19,8-16)9-17/h6,17,19H,3-5,7-9H2,1-2H3,(H,15,18).